The summed E-state index contributed by atoms with van der Waals surface area (Å²) in [6.45, 7) is 1.99. The fourth-order valence-corrected chi connectivity index (χ4v) is 6.81. The maximum absolute atomic E-state index is 12.1. The largest absolute Gasteiger partial charge is 0.479 e. The minimum absolute atomic E-state index is 0.0151. The van der Waals surface area contributed by atoms with Crippen LogP contribution in [0.1, 0.15) is 13.3 Å². The fraction of sp³-hybridized carbons (Fsp3) is 0.400. The van der Waals surface area contributed by atoms with Gasteiger partial charge in [-0.05, 0) is 37.3 Å². The lowest BCUT2D eigenvalue weighted by Gasteiger charge is -2.47. The number of carbonyl (C=O) groups excluding carboxylic acids is 1. The first-order valence-electron chi connectivity index (χ1n) is 15.0. The second-order valence-corrected chi connectivity index (χ2v) is 14.1. The second-order valence-electron chi connectivity index (χ2n) is 11.4. The summed E-state index contributed by atoms with van der Waals surface area (Å²) >= 11 is 5.70. The van der Waals surface area contributed by atoms with Crippen molar-refractivity contribution in [3.63, 3.8) is 0 Å². The van der Waals surface area contributed by atoms with Crippen LogP contribution in [0.15, 0.2) is 55.2 Å². The molecule has 0 saturated carbocycles. The number of carbonyl (C=O) groups is 2. The molecule has 3 aromatic heterocycles. The van der Waals surface area contributed by atoms with Crippen LogP contribution in [0.2, 0.25) is 5.02 Å². The Bertz CT molecular complexity index is 2010. The molecule has 18 nitrogen and oxygen atoms in total. The molecule has 0 radical (unpaired) electrons. The van der Waals surface area contributed by atoms with Gasteiger partial charge in [0.25, 0.3) is 0 Å². The van der Waals surface area contributed by atoms with E-state index in [0.717, 1.165) is 0 Å². The first kappa shape index (κ1) is 36.6. The third-order valence-corrected chi connectivity index (χ3v) is 10.3. The van der Waals surface area contributed by atoms with E-state index in [1.165, 1.54) is 46.5 Å². The normalized spacial score (nSPS) is 23.2. The monoisotopic (exact) mass is 732 g/mol. The Morgan fingerprint density at radius 2 is 1.84 bits per heavy atom. The summed E-state index contributed by atoms with van der Waals surface area (Å²) in [6.07, 6.45) is -1.63. The number of carboxylic acid groups (broad SMARTS) is 1. The van der Waals surface area contributed by atoms with Gasteiger partial charge < -0.3 is 35.2 Å². The molecule has 0 unspecified atom stereocenters. The van der Waals surface area contributed by atoms with Crippen molar-refractivity contribution >= 4 is 44.7 Å². The summed E-state index contributed by atoms with van der Waals surface area (Å²) in [6, 6.07) is 9.63. The van der Waals surface area contributed by atoms with E-state index >= 15 is 0 Å². The molecular weight excluding hydrogens is 700 g/mol. The number of aliphatic hydroxyl groups is 3. The lowest BCUT2D eigenvalue weighted by atomic mass is 9.89. The van der Waals surface area contributed by atoms with Gasteiger partial charge in [-0.3, -0.25) is 9.25 Å². The van der Waals surface area contributed by atoms with Gasteiger partial charge in [-0.15, -0.1) is 0 Å². The number of amides is 1. The summed E-state index contributed by atoms with van der Waals surface area (Å²) in [7, 11) is -1.78. The molecule has 5 N–H and O–H groups in total. The SMILES string of the molecule is CCS(=O)(=O)N1CC(CC#N)(n2cc(-c3ncnc4c3ccn4C(=O)NC)cn2)C1.O=C(O)[C@H]1O[C@@H](Oc2ccc(Cl)cc2)[C@H](O)[C@@H](O)[C@@H]1O. The highest BCUT2D eigenvalue weighted by atomic mass is 35.5. The lowest BCUT2D eigenvalue weighted by molar-refractivity contribution is -0.271. The zero-order chi connectivity index (χ0) is 36.4. The van der Waals surface area contributed by atoms with Crippen molar-refractivity contribution in [2.75, 3.05) is 25.9 Å². The molecule has 0 spiro atoms. The van der Waals surface area contributed by atoms with Crippen LogP contribution in [0.4, 0.5) is 4.79 Å². The number of benzene rings is 1. The van der Waals surface area contributed by atoms with Crippen LogP contribution in [0, 0.1) is 11.3 Å². The van der Waals surface area contributed by atoms with Crippen molar-refractivity contribution in [3.8, 4) is 23.1 Å². The molecule has 4 aromatic rings. The number of hydrogen-bond acceptors (Lipinski definition) is 13. The topological polar surface area (TPSA) is 255 Å². The van der Waals surface area contributed by atoms with Crippen molar-refractivity contribution < 1.29 is 47.9 Å². The van der Waals surface area contributed by atoms with E-state index in [0.29, 0.717) is 27.3 Å². The van der Waals surface area contributed by atoms with Gasteiger partial charge in [0.05, 0.1) is 30.1 Å². The molecule has 2 fully saturated rings. The van der Waals surface area contributed by atoms with Gasteiger partial charge in [-0.1, -0.05) is 11.6 Å². The Hall–Kier alpha value is -4.68. The number of halogens is 1. The molecule has 1 aromatic carbocycles. The van der Waals surface area contributed by atoms with Crippen molar-refractivity contribution in [1.82, 2.24) is 33.9 Å². The molecule has 5 heterocycles. The van der Waals surface area contributed by atoms with E-state index in [4.69, 9.17) is 26.2 Å². The van der Waals surface area contributed by atoms with Gasteiger partial charge in [0.1, 0.15) is 35.9 Å². The number of aliphatic hydroxyl groups excluding tert-OH is 3. The molecule has 266 valence electrons. The molecule has 6 rings (SSSR count). The summed E-state index contributed by atoms with van der Waals surface area (Å²) in [5.41, 5.74) is 1.03. The number of ether oxygens (including phenoxy) is 2. The van der Waals surface area contributed by atoms with E-state index in [1.54, 1.807) is 36.3 Å². The van der Waals surface area contributed by atoms with Crippen molar-refractivity contribution in [2.24, 2.45) is 0 Å². The van der Waals surface area contributed by atoms with Gasteiger partial charge in [0.2, 0.25) is 16.3 Å². The van der Waals surface area contributed by atoms with Crippen molar-refractivity contribution in [1.29, 1.82) is 5.26 Å². The minimum atomic E-state index is -3.32. The minimum Gasteiger partial charge on any atom is -0.479 e. The van der Waals surface area contributed by atoms with E-state index in [-0.39, 0.29) is 37.0 Å². The standard InChI is InChI=1S/C18H20N8O3S.C12H13ClO7/c1-3-30(28,29)24-10-18(11-24,5-6-19)26-9-13(8-23-26)15-14-4-7-25(17(27)20-2)16(14)22-12-21-15;13-5-1-3-6(4-2-5)19-12-9(16)7(14)8(15)10(20-12)11(17)18/h4,7-9,12H,3,5,10-11H2,1-2H3,(H,20,27);1-4,7-10,12,14-16H,(H,17,18)/t;7-,8-,9+,10-,12+/m.0/s1. The number of hydrogen-bond donors (Lipinski definition) is 5. The number of aromatic nitrogens is 5. The third-order valence-electron chi connectivity index (χ3n) is 8.24. The zero-order valence-electron chi connectivity index (χ0n) is 26.6. The molecular formula is C30H33ClN8O10S. The van der Waals surface area contributed by atoms with Crippen molar-refractivity contribution in [2.45, 2.75) is 49.6 Å². The number of rotatable bonds is 8. The highest BCUT2D eigenvalue weighted by Gasteiger charge is 2.50. The third kappa shape index (κ3) is 7.13. The van der Waals surface area contributed by atoms with Crippen LogP contribution in [0.3, 0.4) is 0 Å². The molecule has 0 bridgehead atoms. The number of aliphatic carboxylic acids is 1. The predicted molar refractivity (Wildman–Crippen MR) is 174 cm³/mol. The van der Waals surface area contributed by atoms with Gasteiger partial charge >= 0.3 is 12.0 Å². The Labute approximate surface area is 290 Å². The van der Waals surface area contributed by atoms with Crippen LogP contribution in [0.5, 0.6) is 5.75 Å². The maximum Gasteiger partial charge on any atom is 0.335 e. The Morgan fingerprint density at radius 1 is 1.14 bits per heavy atom. The van der Waals surface area contributed by atoms with Gasteiger partial charge in [0.15, 0.2) is 11.8 Å². The molecule has 50 heavy (non-hydrogen) atoms. The van der Waals surface area contributed by atoms with Gasteiger partial charge in [-0.2, -0.15) is 14.7 Å². The highest BCUT2D eigenvalue weighted by Crippen LogP contribution is 2.36. The van der Waals surface area contributed by atoms with Crippen LogP contribution in [-0.4, -0.2) is 126 Å². The lowest BCUT2D eigenvalue weighted by Crippen LogP contribution is -2.64. The predicted octanol–water partition coefficient (Wildman–Crippen LogP) is 0.368. The van der Waals surface area contributed by atoms with Gasteiger partial charge in [-0.25, -0.2) is 28.0 Å². The Morgan fingerprint density at radius 3 is 2.46 bits per heavy atom. The van der Waals surface area contributed by atoms with Gasteiger partial charge in [0, 0.05) is 48.5 Å². The Balaban J connectivity index is 0.000000211. The molecule has 2 aliphatic heterocycles. The number of nitrogens with zero attached hydrogens (tertiary/aromatic N) is 7. The van der Waals surface area contributed by atoms with E-state index in [1.807, 2.05) is 0 Å². The Kier molecular flexibility index (Phi) is 10.7. The first-order chi connectivity index (χ1) is 23.7. The summed E-state index contributed by atoms with van der Waals surface area (Å²) in [5.74, 6) is -1.18. The van der Waals surface area contributed by atoms with Crippen LogP contribution in [0.25, 0.3) is 22.3 Å². The van der Waals surface area contributed by atoms with E-state index in [9.17, 15) is 38.6 Å². The second kappa shape index (κ2) is 14.7. The van der Waals surface area contributed by atoms with Crippen LogP contribution < -0.4 is 10.1 Å². The summed E-state index contributed by atoms with van der Waals surface area (Å²) in [5, 5.41) is 55.2. The number of nitriles is 1. The average Bonchev–Trinajstić information content (AvgIpc) is 3.75. The molecule has 2 aliphatic rings. The van der Waals surface area contributed by atoms with Crippen molar-refractivity contribution in [3.05, 3.63) is 60.3 Å². The summed E-state index contributed by atoms with van der Waals surface area (Å²) < 4.78 is 38.9. The zero-order valence-corrected chi connectivity index (χ0v) is 28.1. The highest BCUT2D eigenvalue weighted by molar-refractivity contribution is 7.89. The van der Waals surface area contributed by atoms with Crippen LogP contribution >= 0.6 is 11.6 Å². The molecule has 0 aliphatic carbocycles. The average molecular weight is 733 g/mol. The number of fused-ring (bicyclic) bond motifs is 1. The van der Waals surface area contributed by atoms with E-state index in [2.05, 4.69) is 26.5 Å². The molecule has 1 amide bonds. The quantitative estimate of drug-likeness (QED) is 0.164. The first-order valence-corrected chi connectivity index (χ1v) is 17.0. The smallest absolute Gasteiger partial charge is 0.335 e. The van der Waals surface area contributed by atoms with Crippen LogP contribution in [-0.2, 0) is 25.1 Å². The summed E-state index contributed by atoms with van der Waals surface area (Å²) in [4.78, 5) is 31.5. The molecule has 20 heteroatoms. The number of sulfonamides is 1. The molecule has 2 saturated heterocycles. The number of nitrogens with one attached hydrogen (secondary N) is 1. The molecule has 5 atom stereocenters. The number of carboxylic acids is 1. The maximum atomic E-state index is 12.1. The van der Waals surface area contributed by atoms with E-state index < -0.39 is 52.2 Å². The fourth-order valence-electron chi connectivity index (χ4n) is 5.44.